The molecule has 1 aliphatic heterocycles. The molecule has 0 radical (unpaired) electrons. The average molecular weight is 457 g/mol. The number of aliphatic hydroxyl groups is 1. The number of hydrogen-bond donors (Lipinski definition) is 1. The van der Waals surface area contributed by atoms with E-state index in [0.29, 0.717) is 25.4 Å². The lowest BCUT2D eigenvalue weighted by Gasteiger charge is -2.21. The second-order valence-electron chi connectivity index (χ2n) is 8.52. The number of aliphatic hydroxyl groups excluding tert-OH is 1. The molecule has 0 aliphatic carbocycles. The number of aromatic nitrogens is 2. The smallest absolute Gasteiger partial charge is 0.244 e. The Morgan fingerprint density at radius 1 is 1.12 bits per heavy atom. The van der Waals surface area contributed by atoms with Gasteiger partial charge in [-0.1, -0.05) is 35.0 Å². The van der Waals surface area contributed by atoms with Crippen molar-refractivity contribution >= 4 is 15.5 Å². The van der Waals surface area contributed by atoms with Crippen LogP contribution < -0.4 is 4.90 Å². The molecule has 1 fully saturated rings. The average Bonchev–Trinajstić information content (AvgIpc) is 3.34. The fraction of sp³-hybridized carbons (Fsp3) is 0.391. The van der Waals surface area contributed by atoms with Gasteiger partial charge in [0.25, 0.3) is 0 Å². The second-order valence-corrected chi connectivity index (χ2v) is 10.5. The number of likely N-dealkylation sites (tertiary alicyclic amines) is 1. The van der Waals surface area contributed by atoms with E-state index in [0.717, 1.165) is 16.8 Å². The van der Waals surface area contributed by atoms with Crippen LogP contribution in [-0.2, 0) is 22.1 Å². The van der Waals surface area contributed by atoms with Crippen molar-refractivity contribution in [2.24, 2.45) is 0 Å². The maximum absolute atomic E-state index is 12.7. The zero-order valence-corrected chi connectivity index (χ0v) is 19.3. The van der Waals surface area contributed by atoms with Crippen molar-refractivity contribution in [3.8, 4) is 0 Å². The summed E-state index contributed by atoms with van der Waals surface area (Å²) in [7, 11) is 0.412. The first-order valence-corrected chi connectivity index (χ1v) is 12.2. The molecule has 170 valence electrons. The van der Waals surface area contributed by atoms with E-state index in [1.807, 2.05) is 25.9 Å². The predicted octanol–water partition coefficient (Wildman–Crippen LogP) is 2.73. The third-order valence-electron chi connectivity index (χ3n) is 5.69. The summed E-state index contributed by atoms with van der Waals surface area (Å²) in [5.74, 6) is 0.124. The van der Waals surface area contributed by atoms with Crippen molar-refractivity contribution in [1.82, 2.24) is 15.0 Å². The highest BCUT2D eigenvalue weighted by Gasteiger charge is 2.36. The van der Waals surface area contributed by atoms with Crippen LogP contribution in [0.4, 0.5) is 5.69 Å². The van der Waals surface area contributed by atoms with Crippen LogP contribution in [-0.4, -0.2) is 55.3 Å². The van der Waals surface area contributed by atoms with Crippen LogP contribution in [0.25, 0.3) is 0 Å². The number of β-amino-alcohol motifs (C(OH)–C–C–N with tert-alkyl or cyclic N) is 1. The fourth-order valence-corrected chi connectivity index (χ4v) is 5.08. The Labute approximate surface area is 188 Å². The normalized spacial score (nSPS) is 19.4. The summed E-state index contributed by atoms with van der Waals surface area (Å²) >= 11 is 0. The van der Waals surface area contributed by atoms with E-state index in [1.54, 1.807) is 24.3 Å². The summed E-state index contributed by atoms with van der Waals surface area (Å²) in [6.07, 6.45) is -0.0463. The minimum Gasteiger partial charge on any atom is -0.392 e. The summed E-state index contributed by atoms with van der Waals surface area (Å²) in [5.41, 5.74) is 3.21. The number of benzene rings is 2. The Morgan fingerprint density at radius 2 is 1.81 bits per heavy atom. The van der Waals surface area contributed by atoms with Gasteiger partial charge in [-0.25, -0.2) is 8.42 Å². The predicted molar refractivity (Wildman–Crippen MR) is 121 cm³/mol. The minimum atomic E-state index is -3.58. The summed E-state index contributed by atoms with van der Waals surface area (Å²) in [6.45, 7) is 3.01. The Morgan fingerprint density at radius 3 is 2.47 bits per heavy atom. The van der Waals surface area contributed by atoms with Gasteiger partial charge in [0.1, 0.15) is 5.75 Å². The first-order valence-electron chi connectivity index (χ1n) is 10.5. The van der Waals surface area contributed by atoms with Crippen molar-refractivity contribution in [3.05, 3.63) is 71.4 Å². The van der Waals surface area contributed by atoms with Crippen molar-refractivity contribution in [1.29, 1.82) is 0 Å². The Balaban J connectivity index is 1.48. The number of hydrogen-bond acceptors (Lipinski definition) is 8. The highest BCUT2D eigenvalue weighted by atomic mass is 32.2. The molecule has 1 aliphatic rings. The number of nitrogens with zero attached hydrogens (tertiary/aromatic N) is 4. The quantitative estimate of drug-likeness (QED) is 0.579. The van der Waals surface area contributed by atoms with Gasteiger partial charge in [-0.15, -0.1) is 0 Å². The number of aryl methyl sites for hydroxylation is 1. The number of sulfone groups is 1. The number of anilines is 1. The number of rotatable bonds is 7. The Bertz CT molecular complexity index is 1160. The first-order chi connectivity index (χ1) is 15.2. The molecule has 4 rings (SSSR count). The van der Waals surface area contributed by atoms with Gasteiger partial charge in [0, 0.05) is 32.9 Å². The highest BCUT2D eigenvalue weighted by Crippen LogP contribution is 2.33. The molecule has 2 unspecified atom stereocenters. The molecule has 0 bridgehead atoms. The third-order valence-corrected chi connectivity index (χ3v) is 7.32. The summed E-state index contributed by atoms with van der Waals surface area (Å²) in [6, 6.07) is 14.7. The molecule has 32 heavy (non-hydrogen) atoms. The lowest BCUT2D eigenvalue weighted by Crippen LogP contribution is -2.24. The minimum absolute atomic E-state index is 0.122. The van der Waals surface area contributed by atoms with Crippen LogP contribution in [0.2, 0.25) is 0 Å². The molecular weight excluding hydrogens is 428 g/mol. The molecule has 8 nitrogen and oxygen atoms in total. The zero-order valence-electron chi connectivity index (χ0n) is 18.5. The van der Waals surface area contributed by atoms with E-state index >= 15 is 0 Å². The van der Waals surface area contributed by atoms with Gasteiger partial charge >= 0.3 is 0 Å². The van der Waals surface area contributed by atoms with Crippen LogP contribution in [0.1, 0.15) is 35.3 Å². The molecule has 0 amide bonds. The summed E-state index contributed by atoms with van der Waals surface area (Å²) < 4.78 is 30.8. The van der Waals surface area contributed by atoms with Crippen molar-refractivity contribution < 1.29 is 18.0 Å². The van der Waals surface area contributed by atoms with Crippen LogP contribution in [0.15, 0.2) is 57.9 Å². The third kappa shape index (κ3) is 5.01. The van der Waals surface area contributed by atoms with E-state index in [1.165, 1.54) is 0 Å². The second kappa shape index (κ2) is 9.01. The maximum Gasteiger partial charge on any atom is 0.244 e. The largest absolute Gasteiger partial charge is 0.392 e. The molecule has 2 atom stereocenters. The standard InChI is InChI=1S/C23H28N4O4S/c1-16-4-10-20(11-5-16)32(29,30)15-22-24-23(31-25-22)21-12-19(28)14-27(21)13-17-6-8-18(9-7-17)26(2)3/h4-11,19,21,28H,12-15H2,1-3H3. The van der Waals surface area contributed by atoms with E-state index in [-0.39, 0.29) is 22.5 Å². The van der Waals surface area contributed by atoms with E-state index in [9.17, 15) is 13.5 Å². The van der Waals surface area contributed by atoms with Crippen molar-refractivity contribution in [3.63, 3.8) is 0 Å². The molecule has 0 saturated carbocycles. The lowest BCUT2D eigenvalue weighted by atomic mass is 10.1. The molecule has 1 aromatic heterocycles. The van der Waals surface area contributed by atoms with E-state index in [2.05, 4.69) is 39.3 Å². The Kier molecular flexibility index (Phi) is 6.32. The van der Waals surface area contributed by atoms with Gasteiger partial charge < -0.3 is 14.5 Å². The molecule has 2 heterocycles. The van der Waals surface area contributed by atoms with Crippen LogP contribution in [0.5, 0.6) is 0 Å². The van der Waals surface area contributed by atoms with Gasteiger partial charge in [0.05, 0.1) is 17.0 Å². The SMILES string of the molecule is Cc1ccc(S(=O)(=O)Cc2noc(C3CC(O)CN3Cc3ccc(N(C)C)cc3)n2)cc1. The van der Waals surface area contributed by atoms with Gasteiger partial charge in [0.15, 0.2) is 15.7 Å². The summed E-state index contributed by atoms with van der Waals surface area (Å²) in [5, 5.41) is 14.2. The van der Waals surface area contributed by atoms with Crippen LogP contribution in [0, 0.1) is 6.92 Å². The monoisotopic (exact) mass is 456 g/mol. The van der Waals surface area contributed by atoms with Crippen molar-refractivity contribution in [2.45, 2.75) is 42.7 Å². The van der Waals surface area contributed by atoms with E-state index in [4.69, 9.17) is 4.52 Å². The molecule has 3 aromatic rings. The van der Waals surface area contributed by atoms with Gasteiger partial charge in [-0.05, 0) is 43.2 Å². The van der Waals surface area contributed by atoms with E-state index < -0.39 is 15.9 Å². The van der Waals surface area contributed by atoms with Crippen LogP contribution >= 0.6 is 0 Å². The summed E-state index contributed by atoms with van der Waals surface area (Å²) in [4.78, 5) is 8.72. The van der Waals surface area contributed by atoms with Crippen LogP contribution in [0.3, 0.4) is 0 Å². The first kappa shape index (κ1) is 22.4. The molecular formula is C23H28N4O4S. The molecule has 9 heteroatoms. The molecule has 0 spiro atoms. The van der Waals surface area contributed by atoms with Gasteiger partial charge in [0.2, 0.25) is 5.89 Å². The molecule has 2 aromatic carbocycles. The topological polar surface area (TPSA) is 99.8 Å². The zero-order chi connectivity index (χ0) is 22.9. The Hall–Kier alpha value is -2.75. The van der Waals surface area contributed by atoms with Crippen molar-refractivity contribution in [2.75, 3.05) is 25.5 Å². The van der Waals surface area contributed by atoms with Gasteiger partial charge in [-0.3, -0.25) is 4.90 Å². The highest BCUT2D eigenvalue weighted by molar-refractivity contribution is 7.90. The lowest BCUT2D eigenvalue weighted by molar-refractivity contribution is 0.169. The fourth-order valence-electron chi connectivity index (χ4n) is 3.91. The molecule has 1 saturated heterocycles. The maximum atomic E-state index is 12.7. The molecule has 1 N–H and O–H groups in total. The van der Waals surface area contributed by atoms with Gasteiger partial charge in [-0.2, -0.15) is 4.98 Å².